The molecule has 0 N–H and O–H groups in total. The van der Waals surface area contributed by atoms with Crippen LogP contribution < -0.4 is 0 Å². The number of rotatable bonds is 0. The van der Waals surface area contributed by atoms with Gasteiger partial charge in [-0.25, -0.2) is 0 Å². The maximum atomic E-state index is 8.85. The summed E-state index contributed by atoms with van der Waals surface area (Å²) < 4.78 is 0. The molecule has 0 saturated carbocycles. The Bertz CT molecular complexity index is 620. The molecule has 3 nitrogen and oxygen atoms in total. The quantitative estimate of drug-likeness (QED) is 0.676. The van der Waals surface area contributed by atoms with E-state index in [0.717, 1.165) is 0 Å². The molecule has 1 aromatic heterocycles. The standard InChI is InChI=1S/C11H4ClN3/c12-10-8(5-14)6-15-11-7(4-13)2-1-3-9(10)11/h1-3,6H. The van der Waals surface area contributed by atoms with Crippen molar-refractivity contribution in [3.63, 3.8) is 0 Å². The number of benzene rings is 1. The van der Waals surface area contributed by atoms with Crippen molar-refractivity contribution in [2.45, 2.75) is 0 Å². The fraction of sp³-hybridized carbons (Fsp3) is 0. The molecule has 0 aliphatic carbocycles. The zero-order valence-corrected chi connectivity index (χ0v) is 8.28. The first kappa shape index (κ1) is 9.45. The SMILES string of the molecule is N#Cc1cnc2c(C#N)cccc2c1Cl. The highest BCUT2D eigenvalue weighted by atomic mass is 35.5. The highest BCUT2D eigenvalue weighted by Gasteiger charge is 2.08. The van der Waals surface area contributed by atoms with Crippen molar-refractivity contribution < 1.29 is 0 Å². The van der Waals surface area contributed by atoms with Crippen LogP contribution in [0.15, 0.2) is 24.4 Å². The van der Waals surface area contributed by atoms with Gasteiger partial charge in [-0.2, -0.15) is 10.5 Å². The Balaban J connectivity index is 2.93. The van der Waals surface area contributed by atoms with Gasteiger partial charge in [0.25, 0.3) is 0 Å². The Kier molecular flexibility index (Phi) is 2.25. The smallest absolute Gasteiger partial charge is 0.102 e. The van der Waals surface area contributed by atoms with Gasteiger partial charge >= 0.3 is 0 Å². The van der Waals surface area contributed by atoms with E-state index in [1.807, 2.05) is 12.1 Å². The van der Waals surface area contributed by atoms with Crippen LogP contribution in [0.2, 0.25) is 5.02 Å². The molecule has 2 aromatic rings. The highest BCUT2D eigenvalue weighted by molar-refractivity contribution is 6.36. The summed E-state index contributed by atoms with van der Waals surface area (Å²) in [4.78, 5) is 4.05. The summed E-state index contributed by atoms with van der Waals surface area (Å²) in [5, 5.41) is 18.6. The van der Waals surface area contributed by atoms with E-state index in [1.54, 1.807) is 18.2 Å². The molecule has 0 amide bonds. The summed E-state index contributed by atoms with van der Waals surface area (Å²) >= 11 is 6.00. The van der Waals surface area contributed by atoms with Gasteiger partial charge in [-0.05, 0) is 6.07 Å². The molecule has 0 bridgehead atoms. The van der Waals surface area contributed by atoms with Crippen molar-refractivity contribution >= 4 is 22.5 Å². The monoisotopic (exact) mass is 213 g/mol. The van der Waals surface area contributed by atoms with Gasteiger partial charge in [-0.15, -0.1) is 0 Å². The van der Waals surface area contributed by atoms with Crippen LogP contribution in [0.1, 0.15) is 11.1 Å². The zero-order chi connectivity index (χ0) is 10.8. The number of fused-ring (bicyclic) bond motifs is 1. The molecular formula is C11H4ClN3. The van der Waals surface area contributed by atoms with Crippen LogP contribution in [0.5, 0.6) is 0 Å². The van der Waals surface area contributed by atoms with Crippen molar-refractivity contribution in [2.75, 3.05) is 0 Å². The topological polar surface area (TPSA) is 60.5 Å². The number of aromatic nitrogens is 1. The third kappa shape index (κ3) is 1.40. The molecule has 4 heteroatoms. The number of hydrogen-bond donors (Lipinski definition) is 0. The first-order valence-electron chi connectivity index (χ1n) is 4.15. The number of hydrogen-bond acceptors (Lipinski definition) is 3. The van der Waals surface area contributed by atoms with E-state index >= 15 is 0 Å². The predicted molar refractivity (Wildman–Crippen MR) is 56.2 cm³/mol. The van der Waals surface area contributed by atoms with Gasteiger partial charge in [0.15, 0.2) is 0 Å². The van der Waals surface area contributed by atoms with Crippen LogP contribution in [0.4, 0.5) is 0 Å². The van der Waals surface area contributed by atoms with E-state index in [0.29, 0.717) is 27.1 Å². The molecule has 1 aromatic carbocycles. The summed E-state index contributed by atoms with van der Waals surface area (Å²) in [5.41, 5.74) is 1.31. The number of nitrogens with zero attached hydrogens (tertiary/aromatic N) is 3. The van der Waals surface area contributed by atoms with E-state index in [2.05, 4.69) is 4.98 Å². The van der Waals surface area contributed by atoms with Crippen molar-refractivity contribution in [2.24, 2.45) is 0 Å². The lowest BCUT2D eigenvalue weighted by Gasteiger charge is -2.02. The molecule has 0 aliphatic heterocycles. The van der Waals surface area contributed by atoms with Crippen LogP contribution >= 0.6 is 11.6 Å². The number of para-hydroxylation sites is 1. The van der Waals surface area contributed by atoms with E-state index < -0.39 is 0 Å². The third-order valence-corrected chi connectivity index (χ3v) is 2.48. The fourth-order valence-electron chi connectivity index (χ4n) is 1.36. The molecule has 0 aliphatic rings. The number of halogens is 1. The maximum absolute atomic E-state index is 8.85. The van der Waals surface area contributed by atoms with Crippen LogP contribution in [-0.2, 0) is 0 Å². The lowest BCUT2D eigenvalue weighted by molar-refractivity contribution is 1.36. The predicted octanol–water partition coefficient (Wildman–Crippen LogP) is 2.63. The van der Waals surface area contributed by atoms with Crippen LogP contribution in [0.3, 0.4) is 0 Å². The van der Waals surface area contributed by atoms with Crippen molar-refractivity contribution in [3.8, 4) is 12.1 Å². The molecule has 0 spiro atoms. The fourth-order valence-corrected chi connectivity index (χ4v) is 1.60. The Morgan fingerprint density at radius 3 is 2.53 bits per heavy atom. The summed E-state index contributed by atoms with van der Waals surface area (Å²) in [6.45, 7) is 0. The normalized spacial score (nSPS) is 9.53. The summed E-state index contributed by atoms with van der Waals surface area (Å²) in [6, 6.07) is 9.10. The molecule has 15 heavy (non-hydrogen) atoms. The van der Waals surface area contributed by atoms with Gasteiger partial charge in [0.2, 0.25) is 0 Å². The zero-order valence-electron chi connectivity index (χ0n) is 7.53. The van der Waals surface area contributed by atoms with Gasteiger partial charge in [0, 0.05) is 11.6 Å². The minimum absolute atomic E-state index is 0.319. The Morgan fingerprint density at radius 1 is 1.13 bits per heavy atom. The highest BCUT2D eigenvalue weighted by Crippen LogP contribution is 2.26. The van der Waals surface area contributed by atoms with Crippen molar-refractivity contribution in [1.82, 2.24) is 4.98 Å². The molecule has 0 radical (unpaired) electrons. The summed E-state index contributed by atoms with van der Waals surface area (Å²) in [6.07, 6.45) is 1.38. The van der Waals surface area contributed by atoms with E-state index in [4.69, 9.17) is 22.1 Å². The minimum atomic E-state index is 0.319. The molecule has 0 saturated heterocycles. The summed E-state index contributed by atoms with van der Waals surface area (Å²) in [7, 11) is 0. The van der Waals surface area contributed by atoms with Crippen molar-refractivity contribution in [1.29, 1.82) is 10.5 Å². The van der Waals surface area contributed by atoms with E-state index in [9.17, 15) is 0 Å². The average Bonchev–Trinajstić information content (AvgIpc) is 2.29. The molecule has 2 rings (SSSR count). The second-order valence-electron chi connectivity index (χ2n) is 2.91. The molecule has 1 heterocycles. The van der Waals surface area contributed by atoms with Gasteiger partial charge in [0.1, 0.15) is 12.1 Å². The molecule has 0 atom stereocenters. The van der Waals surface area contributed by atoms with Gasteiger partial charge in [-0.1, -0.05) is 23.7 Å². The molecule has 70 valence electrons. The number of pyridine rings is 1. The first-order chi connectivity index (χ1) is 7.27. The Morgan fingerprint density at radius 2 is 1.87 bits per heavy atom. The summed E-state index contributed by atoms with van der Waals surface area (Å²) in [5.74, 6) is 0. The maximum Gasteiger partial charge on any atom is 0.102 e. The molecular weight excluding hydrogens is 210 g/mol. The largest absolute Gasteiger partial charge is 0.253 e. The average molecular weight is 214 g/mol. The lowest BCUT2D eigenvalue weighted by atomic mass is 10.1. The lowest BCUT2D eigenvalue weighted by Crippen LogP contribution is -1.88. The Labute approximate surface area is 91.2 Å². The molecule has 0 unspecified atom stereocenters. The van der Waals surface area contributed by atoms with E-state index in [1.165, 1.54) is 6.20 Å². The van der Waals surface area contributed by atoms with Gasteiger partial charge < -0.3 is 0 Å². The van der Waals surface area contributed by atoms with Crippen LogP contribution in [-0.4, -0.2) is 4.98 Å². The second kappa shape index (κ2) is 3.57. The first-order valence-corrected chi connectivity index (χ1v) is 4.53. The third-order valence-electron chi connectivity index (χ3n) is 2.07. The second-order valence-corrected chi connectivity index (χ2v) is 3.29. The minimum Gasteiger partial charge on any atom is -0.253 e. The van der Waals surface area contributed by atoms with Gasteiger partial charge in [0.05, 0.1) is 21.7 Å². The van der Waals surface area contributed by atoms with Crippen LogP contribution in [0, 0.1) is 22.7 Å². The molecule has 0 fully saturated rings. The number of nitriles is 2. The van der Waals surface area contributed by atoms with Crippen LogP contribution in [0.25, 0.3) is 10.9 Å². The van der Waals surface area contributed by atoms with E-state index in [-0.39, 0.29) is 0 Å². The van der Waals surface area contributed by atoms with Crippen molar-refractivity contribution in [3.05, 3.63) is 40.5 Å². The Hall–Kier alpha value is -2.10. The van der Waals surface area contributed by atoms with Gasteiger partial charge in [-0.3, -0.25) is 4.98 Å².